The molecule has 3 heterocycles. The molecule has 1 aromatic carbocycles. The first-order chi connectivity index (χ1) is 19.3. The van der Waals surface area contributed by atoms with E-state index in [-0.39, 0.29) is 30.1 Å². The highest BCUT2D eigenvalue weighted by Gasteiger charge is 2.35. The molecule has 0 spiro atoms. The lowest BCUT2D eigenvalue weighted by molar-refractivity contribution is -0.129. The van der Waals surface area contributed by atoms with Crippen LogP contribution in [0.4, 0.5) is 4.39 Å². The molecule has 4 aromatic rings. The molecule has 0 bridgehead atoms. The lowest BCUT2D eigenvalue weighted by Crippen LogP contribution is -2.56. The van der Waals surface area contributed by atoms with Crippen LogP contribution in [0.1, 0.15) is 45.2 Å². The Balaban J connectivity index is 0.000000850. The van der Waals surface area contributed by atoms with Gasteiger partial charge in [0.1, 0.15) is 26.9 Å². The molecule has 4 rings (SSSR count). The number of amides is 1. The number of thiophene rings is 1. The highest BCUT2D eigenvalue weighted by Crippen LogP contribution is 2.31. The van der Waals surface area contributed by atoms with Crippen LogP contribution in [0, 0.1) is 24.1 Å². The highest BCUT2D eigenvalue weighted by molar-refractivity contribution is 7.21. The van der Waals surface area contributed by atoms with Crippen molar-refractivity contribution in [2.75, 3.05) is 6.54 Å². The Morgan fingerprint density at radius 2 is 1.93 bits per heavy atom. The lowest BCUT2D eigenvalue weighted by atomic mass is 10.0. The molecule has 0 radical (unpaired) electrons. The quantitative estimate of drug-likeness (QED) is 0.283. The molecule has 41 heavy (non-hydrogen) atoms. The second kappa shape index (κ2) is 12.9. The molecule has 0 aliphatic carbocycles. The first kappa shape index (κ1) is 31.2. The second-order valence-corrected chi connectivity index (χ2v) is 11.0. The van der Waals surface area contributed by atoms with Gasteiger partial charge in [-0.15, -0.1) is 4.80 Å². The molecule has 0 saturated heterocycles. The first-order valence-electron chi connectivity index (χ1n) is 12.9. The van der Waals surface area contributed by atoms with Gasteiger partial charge in [0.05, 0.1) is 23.8 Å². The van der Waals surface area contributed by atoms with E-state index in [4.69, 9.17) is 11.0 Å². The van der Waals surface area contributed by atoms with Crippen molar-refractivity contribution in [2.45, 2.75) is 65.6 Å². The van der Waals surface area contributed by atoms with Gasteiger partial charge in [-0.25, -0.2) is 13.8 Å². The first-order valence-corrected chi connectivity index (χ1v) is 13.7. The van der Waals surface area contributed by atoms with E-state index in [0.717, 1.165) is 10.6 Å². The van der Waals surface area contributed by atoms with Crippen molar-refractivity contribution >= 4 is 27.5 Å². The van der Waals surface area contributed by atoms with Gasteiger partial charge in [0.15, 0.2) is 0 Å². The number of halogens is 1. The summed E-state index contributed by atoms with van der Waals surface area (Å²) in [7, 11) is 0. The number of phenols is 1. The number of fused-ring (bicyclic) bond motifs is 1. The van der Waals surface area contributed by atoms with E-state index in [2.05, 4.69) is 15.5 Å². The number of hydrogen-bond donors (Lipinski definition) is 3. The van der Waals surface area contributed by atoms with Crippen molar-refractivity contribution in [3.63, 3.8) is 0 Å². The third-order valence-corrected chi connectivity index (χ3v) is 7.51. The van der Waals surface area contributed by atoms with Gasteiger partial charge in [0.25, 0.3) is 5.56 Å². The number of carbonyl (C=O) groups excluding carboxylic acids is 1. The topological polar surface area (TPSA) is 174 Å². The van der Waals surface area contributed by atoms with E-state index in [1.165, 1.54) is 59.1 Å². The number of nitriles is 1. The molecule has 12 nitrogen and oxygen atoms in total. The Morgan fingerprint density at radius 1 is 1.27 bits per heavy atom. The Morgan fingerprint density at radius 3 is 2.49 bits per heavy atom. The largest absolute Gasteiger partial charge is 0.508 e. The molecule has 0 fully saturated rings. The van der Waals surface area contributed by atoms with Crippen LogP contribution in [0.5, 0.6) is 5.75 Å². The maximum Gasteiger partial charge on any atom is 0.333 e. The molecule has 4 N–H and O–H groups in total. The lowest BCUT2D eigenvalue weighted by Gasteiger charge is -2.27. The number of aromatic hydroxyl groups is 1. The SMILES string of the molecule is Cc1c(-n2nccn2)sc2c1c(=O)n(C(C)(C)C(=O)NC(C)C)c(=O)n2CCc1cc(F)ccc1O.N#CCCN. The monoisotopic (exact) mass is 584 g/mol. The number of carbonyl (C=O) groups is 1. The van der Waals surface area contributed by atoms with Crippen LogP contribution in [0.2, 0.25) is 0 Å². The van der Waals surface area contributed by atoms with Gasteiger partial charge >= 0.3 is 5.69 Å². The van der Waals surface area contributed by atoms with Crippen LogP contribution in [-0.2, 0) is 23.3 Å². The molecule has 14 heteroatoms. The molecular formula is C27H33FN8O4S. The summed E-state index contributed by atoms with van der Waals surface area (Å²) in [6, 6.07) is 5.29. The van der Waals surface area contributed by atoms with Crippen molar-refractivity contribution in [1.29, 1.82) is 5.26 Å². The van der Waals surface area contributed by atoms with E-state index >= 15 is 0 Å². The van der Waals surface area contributed by atoms with Gasteiger partial charge in [-0.3, -0.25) is 14.2 Å². The van der Waals surface area contributed by atoms with Gasteiger partial charge in [0, 0.05) is 31.1 Å². The van der Waals surface area contributed by atoms with Crippen LogP contribution < -0.4 is 22.3 Å². The molecule has 0 atom stereocenters. The maximum absolute atomic E-state index is 13.8. The summed E-state index contributed by atoms with van der Waals surface area (Å²) >= 11 is 1.17. The minimum absolute atomic E-state index is 0.0282. The van der Waals surface area contributed by atoms with Crippen molar-refractivity contribution in [1.82, 2.24) is 29.4 Å². The fraction of sp³-hybridized carbons (Fsp3) is 0.407. The summed E-state index contributed by atoms with van der Waals surface area (Å²) in [5.74, 6) is -1.10. The Hall–Kier alpha value is -4.35. The van der Waals surface area contributed by atoms with Crippen LogP contribution in [0.25, 0.3) is 15.2 Å². The maximum atomic E-state index is 13.8. The Labute approximate surface area is 239 Å². The van der Waals surface area contributed by atoms with Gasteiger partial charge in [-0.1, -0.05) is 11.3 Å². The number of benzene rings is 1. The van der Waals surface area contributed by atoms with E-state index in [1.807, 2.05) is 6.07 Å². The van der Waals surface area contributed by atoms with Crippen molar-refractivity contribution in [3.8, 4) is 16.8 Å². The van der Waals surface area contributed by atoms with Gasteiger partial charge < -0.3 is 16.2 Å². The summed E-state index contributed by atoms with van der Waals surface area (Å²) in [5, 5.41) is 29.8. The van der Waals surface area contributed by atoms with Crippen molar-refractivity contribution in [2.24, 2.45) is 5.73 Å². The number of rotatable bonds is 8. The third kappa shape index (κ3) is 6.53. The number of hydrogen-bond acceptors (Lipinski definition) is 9. The zero-order valence-electron chi connectivity index (χ0n) is 23.5. The Bertz CT molecular complexity index is 1700. The van der Waals surface area contributed by atoms with E-state index in [1.54, 1.807) is 20.8 Å². The summed E-state index contributed by atoms with van der Waals surface area (Å²) in [6.45, 7) is 8.85. The number of nitrogens with two attached hydrogens (primary N) is 1. The average molecular weight is 585 g/mol. The Kier molecular flexibility index (Phi) is 9.79. The summed E-state index contributed by atoms with van der Waals surface area (Å²) < 4.78 is 16.1. The summed E-state index contributed by atoms with van der Waals surface area (Å²) in [5.41, 5.74) is 3.00. The molecule has 218 valence electrons. The number of aromatic nitrogens is 5. The van der Waals surface area contributed by atoms with Crippen LogP contribution >= 0.6 is 11.3 Å². The molecule has 0 unspecified atom stereocenters. The van der Waals surface area contributed by atoms with Crippen molar-refractivity contribution < 1.29 is 14.3 Å². The molecule has 0 aliphatic heterocycles. The number of nitrogens with one attached hydrogen (secondary N) is 1. The van der Waals surface area contributed by atoms with Crippen LogP contribution in [-0.4, -0.2) is 47.7 Å². The van der Waals surface area contributed by atoms with Gasteiger partial charge in [-0.2, -0.15) is 15.5 Å². The summed E-state index contributed by atoms with van der Waals surface area (Å²) in [4.78, 5) is 42.3. The molecular weight excluding hydrogens is 551 g/mol. The average Bonchev–Trinajstić information content (AvgIpc) is 3.54. The molecule has 1 amide bonds. The van der Waals surface area contributed by atoms with Crippen LogP contribution in [0.15, 0.2) is 40.2 Å². The standard InChI is InChI=1S/C24H27FN6O4S.C3H6N2/c1-13(2)28-22(34)24(4,5)30-19(33)18-14(3)20(31-26-9-10-27-31)36-21(18)29(23(30)35)11-8-15-12-16(25)6-7-17(15)32;4-2-1-3-5/h6-7,9-10,12-13,32H,8,11H2,1-5H3,(H,28,34);1-2,4H2. The molecule has 0 aliphatic rings. The second-order valence-electron chi connectivity index (χ2n) is 10.0. The van der Waals surface area contributed by atoms with Gasteiger partial charge in [-0.05, 0) is 64.8 Å². The fourth-order valence-corrected chi connectivity index (χ4v) is 5.36. The van der Waals surface area contributed by atoms with Crippen molar-refractivity contribution in [3.05, 3.63) is 68.4 Å². The van der Waals surface area contributed by atoms with Crippen LogP contribution in [0.3, 0.4) is 0 Å². The predicted molar refractivity (Wildman–Crippen MR) is 154 cm³/mol. The van der Waals surface area contributed by atoms with E-state index in [9.17, 15) is 23.9 Å². The number of nitrogens with zero attached hydrogens (tertiary/aromatic N) is 6. The van der Waals surface area contributed by atoms with E-state index in [0.29, 0.717) is 33.9 Å². The zero-order chi connectivity index (χ0) is 30.5. The fourth-order valence-electron chi connectivity index (χ4n) is 4.13. The van der Waals surface area contributed by atoms with Gasteiger partial charge in [0.2, 0.25) is 5.91 Å². The van der Waals surface area contributed by atoms with E-state index < -0.39 is 28.5 Å². The third-order valence-electron chi connectivity index (χ3n) is 6.22. The highest BCUT2D eigenvalue weighted by atomic mass is 32.1. The minimum atomic E-state index is -1.51. The normalized spacial score (nSPS) is 11.3. The summed E-state index contributed by atoms with van der Waals surface area (Å²) in [6.07, 6.45) is 3.59. The smallest absolute Gasteiger partial charge is 0.333 e. The number of phenolic OH excluding ortho intramolecular Hbond substituents is 1. The zero-order valence-corrected chi connectivity index (χ0v) is 24.3. The molecule has 3 aromatic heterocycles. The minimum Gasteiger partial charge on any atom is -0.508 e. The predicted octanol–water partition coefficient (Wildman–Crippen LogP) is 2.32. The molecule has 0 saturated carbocycles. The number of aryl methyl sites for hydroxylation is 3.